The summed E-state index contributed by atoms with van der Waals surface area (Å²) in [4.78, 5) is 0.866. The predicted molar refractivity (Wildman–Crippen MR) is 69.6 cm³/mol. The Bertz CT molecular complexity index is 455. The molecule has 1 fully saturated rings. The van der Waals surface area contributed by atoms with E-state index in [1.165, 1.54) is 11.3 Å². The van der Waals surface area contributed by atoms with Gasteiger partial charge in [0.2, 0.25) is 0 Å². The van der Waals surface area contributed by atoms with Gasteiger partial charge in [-0.05, 0) is 13.0 Å². The fourth-order valence-electron chi connectivity index (χ4n) is 1.51. The molecule has 0 amide bonds. The molecule has 1 aromatic heterocycles. The molecule has 0 atom stereocenters. The minimum atomic E-state index is -3.31. The minimum absolute atomic E-state index is 0.370. The predicted octanol–water partition coefficient (Wildman–Crippen LogP) is 1.38. The highest BCUT2D eigenvalue weighted by atomic mass is 32.2. The van der Waals surface area contributed by atoms with Crippen molar-refractivity contribution in [2.75, 3.05) is 30.3 Å². The van der Waals surface area contributed by atoms with Crippen LogP contribution in [0.5, 0.6) is 0 Å². The number of nitrogens with zero attached hydrogens (tertiary/aromatic N) is 1. The third-order valence-electron chi connectivity index (χ3n) is 2.50. The van der Waals surface area contributed by atoms with Gasteiger partial charge in [0.25, 0.3) is 10.0 Å². The Morgan fingerprint density at radius 2 is 2.00 bits per heavy atom. The summed E-state index contributed by atoms with van der Waals surface area (Å²) < 4.78 is 26.4. The molecule has 0 spiro atoms. The molecule has 0 unspecified atom stereocenters. The van der Waals surface area contributed by atoms with Crippen LogP contribution in [-0.4, -0.2) is 37.3 Å². The maximum atomic E-state index is 12.2. The molecule has 1 aliphatic heterocycles. The number of thiophene rings is 1. The summed E-state index contributed by atoms with van der Waals surface area (Å²) in [5, 5.41) is 0. The summed E-state index contributed by atoms with van der Waals surface area (Å²) >= 11 is 3.04. The van der Waals surface area contributed by atoms with Crippen molar-refractivity contribution < 1.29 is 8.42 Å². The van der Waals surface area contributed by atoms with Gasteiger partial charge in [0.15, 0.2) is 0 Å². The lowest BCUT2D eigenvalue weighted by Crippen LogP contribution is -2.37. The summed E-state index contributed by atoms with van der Waals surface area (Å²) in [7, 11) is -3.31. The standard InChI is InChI=1S/C9H14N2O2S3/c1-7-8(10)6-9(15-7)16(12,13)11-2-4-14-5-3-11/h6H,2-5,10H2,1H3. The van der Waals surface area contributed by atoms with E-state index in [-0.39, 0.29) is 0 Å². The highest BCUT2D eigenvalue weighted by Gasteiger charge is 2.27. The van der Waals surface area contributed by atoms with Crippen molar-refractivity contribution in [3.05, 3.63) is 10.9 Å². The largest absolute Gasteiger partial charge is 0.398 e. The van der Waals surface area contributed by atoms with E-state index in [9.17, 15) is 8.42 Å². The molecule has 16 heavy (non-hydrogen) atoms. The number of hydrogen-bond acceptors (Lipinski definition) is 5. The van der Waals surface area contributed by atoms with Gasteiger partial charge in [-0.25, -0.2) is 8.42 Å². The number of hydrogen-bond donors (Lipinski definition) is 1. The number of nitrogens with two attached hydrogens (primary N) is 1. The lowest BCUT2D eigenvalue weighted by Gasteiger charge is -2.24. The molecule has 1 saturated heterocycles. The first-order valence-corrected chi connectivity index (χ1v) is 8.37. The summed E-state index contributed by atoms with van der Waals surface area (Å²) in [5.74, 6) is 1.75. The van der Waals surface area contributed by atoms with Gasteiger partial charge >= 0.3 is 0 Å². The molecule has 7 heteroatoms. The summed E-state index contributed by atoms with van der Waals surface area (Å²) in [5.41, 5.74) is 6.25. The average molecular weight is 278 g/mol. The van der Waals surface area contributed by atoms with Gasteiger partial charge in [0.1, 0.15) is 4.21 Å². The first kappa shape index (κ1) is 12.2. The third-order valence-corrected chi connectivity index (χ3v) is 6.85. The maximum absolute atomic E-state index is 12.2. The molecule has 2 N–H and O–H groups in total. The zero-order valence-electron chi connectivity index (χ0n) is 8.97. The van der Waals surface area contributed by atoms with Gasteiger partial charge in [0, 0.05) is 35.2 Å². The van der Waals surface area contributed by atoms with E-state index >= 15 is 0 Å². The summed E-state index contributed by atoms with van der Waals surface area (Å²) in [6.07, 6.45) is 0. The lowest BCUT2D eigenvalue weighted by atomic mass is 10.4. The van der Waals surface area contributed by atoms with Crippen LogP contribution in [0.25, 0.3) is 0 Å². The Kier molecular flexibility index (Phi) is 3.48. The normalized spacial score (nSPS) is 18.8. The second kappa shape index (κ2) is 4.56. The smallest absolute Gasteiger partial charge is 0.252 e. The summed E-state index contributed by atoms with van der Waals surface area (Å²) in [6, 6.07) is 1.57. The summed E-state index contributed by atoms with van der Waals surface area (Å²) in [6.45, 7) is 3.04. The highest BCUT2D eigenvalue weighted by Crippen LogP contribution is 2.30. The molecular weight excluding hydrogens is 264 g/mol. The topological polar surface area (TPSA) is 63.4 Å². The first-order chi connectivity index (χ1) is 7.51. The minimum Gasteiger partial charge on any atom is -0.398 e. The van der Waals surface area contributed by atoms with Crippen LogP contribution >= 0.6 is 23.1 Å². The molecule has 0 aliphatic carbocycles. The van der Waals surface area contributed by atoms with Crippen LogP contribution in [0, 0.1) is 6.92 Å². The van der Waals surface area contributed by atoms with Gasteiger partial charge < -0.3 is 5.73 Å². The second-order valence-electron chi connectivity index (χ2n) is 3.59. The Morgan fingerprint density at radius 1 is 1.38 bits per heavy atom. The molecule has 90 valence electrons. The molecular formula is C9H14N2O2S3. The number of rotatable bonds is 2. The van der Waals surface area contributed by atoms with Crippen molar-refractivity contribution in [1.29, 1.82) is 0 Å². The first-order valence-electron chi connectivity index (χ1n) is 4.95. The van der Waals surface area contributed by atoms with Gasteiger partial charge in [-0.1, -0.05) is 0 Å². The molecule has 2 rings (SSSR count). The number of nitrogen functional groups attached to an aromatic ring is 1. The van der Waals surface area contributed by atoms with Crippen LogP contribution in [-0.2, 0) is 10.0 Å². The van der Waals surface area contributed by atoms with Crippen LogP contribution in [0.2, 0.25) is 0 Å². The van der Waals surface area contributed by atoms with E-state index in [0.29, 0.717) is 23.0 Å². The van der Waals surface area contributed by atoms with Crippen molar-refractivity contribution in [3.8, 4) is 0 Å². The van der Waals surface area contributed by atoms with Crippen LogP contribution in [0.15, 0.2) is 10.3 Å². The van der Waals surface area contributed by atoms with E-state index < -0.39 is 10.0 Å². The van der Waals surface area contributed by atoms with E-state index in [0.717, 1.165) is 16.4 Å². The molecule has 0 bridgehead atoms. The second-order valence-corrected chi connectivity index (χ2v) is 8.24. The maximum Gasteiger partial charge on any atom is 0.252 e. The number of thioether (sulfide) groups is 1. The van der Waals surface area contributed by atoms with E-state index in [4.69, 9.17) is 5.73 Å². The average Bonchev–Trinajstić information content (AvgIpc) is 2.61. The molecule has 4 nitrogen and oxygen atoms in total. The van der Waals surface area contributed by atoms with Crippen LogP contribution < -0.4 is 5.73 Å². The quantitative estimate of drug-likeness (QED) is 0.887. The fourth-order valence-corrected chi connectivity index (χ4v) is 5.61. The molecule has 2 heterocycles. The van der Waals surface area contributed by atoms with Crippen molar-refractivity contribution >= 4 is 38.8 Å². The SMILES string of the molecule is Cc1sc(S(=O)(=O)N2CCSCC2)cc1N. The zero-order valence-corrected chi connectivity index (χ0v) is 11.4. The van der Waals surface area contributed by atoms with E-state index in [1.807, 2.05) is 6.92 Å². The van der Waals surface area contributed by atoms with E-state index in [2.05, 4.69) is 0 Å². The lowest BCUT2D eigenvalue weighted by molar-refractivity contribution is 0.445. The molecule has 0 radical (unpaired) electrons. The molecule has 1 aromatic rings. The van der Waals surface area contributed by atoms with E-state index in [1.54, 1.807) is 22.1 Å². The Balaban J connectivity index is 2.30. The van der Waals surface area contributed by atoms with Crippen LogP contribution in [0.4, 0.5) is 5.69 Å². The molecule has 0 saturated carbocycles. The Labute approximate surface area is 104 Å². The van der Waals surface area contributed by atoms with Gasteiger partial charge in [-0.15, -0.1) is 11.3 Å². The van der Waals surface area contributed by atoms with Gasteiger partial charge in [-0.3, -0.25) is 0 Å². The highest BCUT2D eigenvalue weighted by molar-refractivity contribution is 7.99. The van der Waals surface area contributed by atoms with Crippen molar-refractivity contribution in [3.63, 3.8) is 0 Å². The zero-order chi connectivity index (χ0) is 11.8. The number of anilines is 1. The number of aryl methyl sites for hydroxylation is 1. The third kappa shape index (κ3) is 2.22. The van der Waals surface area contributed by atoms with Crippen LogP contribution in [0.1, 0.15) is 4.88 Å². The Hall–Kier alpha value is -0.240. The van der Waals surface area contributed by atoms with Crippen molar-refractivity contribution in [2.45, 2.75) is 11.1 Å². The molecule has 1 aliphatic rings. The number of sulfonamides is 1. The van der Waals surface area contributed by atoms with Gasteiger partial charge in [0.05, 0.1) is 0 Å². The molecule has 0 aromatic carbocycles. The van der Waals surface area contributed by atoms with Crippen molar-refractivity contribution in [2.24, 2.45) is 0 Å². The Morgan fingerprint density at radius 3 is 2.50 bits per heavy atom. The fraction of sp³-hybridized carbons (Fsp3) is 0.556. The van der Waals surface area contributed by atoms with Gasteiger partial charge in [-0.2, -0.15) is 16.1 Å². The van der Waals surface area contributed by atoms with Crippen molar-refractivity contribution in [1.82, 2.24) is 4.31 Å². The monoisotopic (exact) mass is 278 g/mol. The van der Waals surface area contributed by atoms with Crippen LogP contribution in [0.3, 0.4) is 0 Å².